The number of carbonyl (C=O) groups excluding carboxylic acids is 1. The molecule has 0 aromatic heterocycles. The van der Waals surface area contributed by atoms with Crippen molar-refractivity contribution in [2.75, 3.05) is 12.8 Å². The van der Waals surface area contributed by atoms with Crippen LogP contribution in [-0.4, -0.2) is 13.1 Å². The first-order valence-electron chi connectivity index (χ1n) is 6.03. The third-order valence-electron chi connectivity index (χ3n) is 2.89. The number of benzene rings is 2. The number of rotatable bonds is 3. The Balaban J connectivity index is 2.43. The molecule has 0 amide bonds. The highest BCUT2D eigenvalue weighted by Crippen LogP contribution is 2.37. The molecule has 0 fully saturated rings. The van der Waals surface area contributed by atoms with Gasteiger partial charge in [0.1, 0.15) is 0 Å². The standard InChI is InChI=1S/C15H13Cl2NO2S/c1-8-5-10(7-11(14(8)18)15(19)20-2)21-13-6-9(16)3-4-12(13)17/h3-7H,18H2,1-2H3. The number of methoxy groups -OCH3 is 1. The summed E-state index contributed by atoms with van der Waals surface area (Å²) in [6.07, 6.45) is 0. The topological polar surface area (TPSA) is 52.3 Å². The van der Waals surface area contributed by atoms with Crippen molar-refractivity contribution in [2.24, 2.45) is 0 Å². The number of anilines is 1. The monoisotopic (exact) mass is 341 g/mol. The van der Waals surface area contributed by atoms with Crippen LogP contribution in [0, 0.1) is 6.92 Å². The van der Waals surface area contributed by atoms with Crippen LogP contribution in [0.15, 0.2) is 40.1 Å². The van der Waals surface area contributed by atoms with Gasteiger partial charge in [-0.15, -0.1) is 0 Å². The smallest absolute Gasteiger partial charge is 0.340 e. The van der Waals surface area contributed by atoms with Crippen LogP contribution in [0.3, 0.4) is 0 Å². The minimum absolute atomic E-state index is 0.346. The van der Waals surface area contributed by atoms with Gasteiger partial charge < -0.3 is 10.5 Å². The zero-order valence-electron chi connectivity index (χ0n) is 11.4. The maximum absolute atomic E-state index is 11.8. The summed E-state index contributed by atoms with van der Waals surface area (Å²) in [4.78, 5) is 13.4. The van der Waals surface area contributed by atoms with Crippen LogP contribution in [0.5, 0.6) is 0 Å². The number of ether oxygens (including phenoxy) is 1. The Labute approximate surface area is 137 Å². The zero-order valence-corrected chi connectivity index (χ0v) is 13.8. The van der Waals surface area contributed by atoms with Gasteiger partial charge >= 0.3 is 5.97 Å². The van der Waals surface area contributed by atoms with Crippen molar-refractivity contribution in [2.45, 2.75) is 16.7 Å². The van der Waals surface area contributed by atoms with Gasteiger partial charge in [0.2, 0.25) is 0 Å². The molecule has 3 nitrogen and oxygen atoms in total. The van der Waals surface area contributed by atoms with Crippen molar-refractivity contribution >= 4 is 46.6 Å². The Kier molecular flexibility index (Phi) is 5.04. The summed E-state index contributed by atoms with van der Waals surface area (Å²) >= 11 is 13.5. The van der Waals surface area contributed by atoms with Crippen molar-refractivity contribution in [3.8, 4) is 0 Å². The van der Waals surface area contributed by atoms with E-state index in [2.05, 4.69) is 0 Å². The zero-order chi connectivity index (χ0) is 15.6. The lowest BCUT2D eigenvalue weighted by Gasteiger charge is -2.11. The van der Waals surface area contributed by atoms with E-state index in [4.69, 9.17) is 33.7 Å². The molecule has 0 heterocycles. The van der Waals surface area contributed by atoms with Gasteiger partial charge in [-0.25, -0.2) is 4.79 Å². The van der Waals surface area contributed by atoms with Crippen molar-refractivity contribution in [1.29, 1.82) is 0 Å². The maximum Gasteiger partial charge on any atom is 0.340 e. The van der Waals surface area contributed by atoms with Crippen molar-refractivity contribution < 1.29 is 9.53 Å². The van der Waals surface area contributed by atoms with Gasteiger partial charge in [0.15, 0.2) is 0 Å². The normalized spacial score (nSPS) is 10.5. The number of esters is 1. The molecule has 2 aromatic carbocycles. The van der Waals surface area contributed by atoms with E-state index in [-0.39, 0.29) is 0 Å². The molecule has 2 rings (SSSR count). The second-order valence-corrected chi connectivity index (χ2v) is 6.33. The van der Waals surface area contributed by atoms with Crippen molar-refractivity contribution in [1.82, 2.24) is 0 Å². The number of carbonyl (C=O) groups is 1. The Morgan fingerprint density at radius 3 is 2.62 bits per heavy atom. The third-order valence-corrected chi connectivity index (χ3v) is 4.59. The average molecular weight is 342 g/mol. The molecule has 21 heavy (non-hydrogen) atoms. The van der Waals surface area contributed by atoms with Crippen LogP contribution in [0.1, 0.15) is 15.9 Å². The molecule has 2 aromatic rings. The Hall–Kier alpha value is -1.36. The van der Waals surface area contributed by atoms with Crippen LogP contribution in [0.2, 0.25) is 10.0 Å². The highest BCUT2D eigenvalue weighted by atomic mass is 35.5. The number of halogens is 2. The highest BCUT2D eigenvalue weighted by molar-refractivity contribution is 7.99. The second kappa shape index (κ2) is 6.60. The largest absolute Gasteiger partial charge is 0.465 e. The first-order chi connectivity index (χ1) is 9.92. The first-order valence-corrected chi connectivity index (χ1v) is 7.61. The van der Waals surface area contributed by atoms with Gasteiger partial charge in [0.05, 0.1) is 17.7 Å². The first kappa shape index (κ1) is 16.0. The molecule has 0 saturated carbocycles. The van der Waals surface area contributed by atoms with E-state index < -0.39 is 5.97 Å². The lowest BCUT2D eigenvalue weighted by molar-refractivity contribution is 0.0601. The summed E-state index contributed by atoms with van der Waals surface area (Å²) in [6, 6.07) is 8.82. The predicted molar refractivity (Wildman–Crippen MR) is 87.5 cm³/mol. The molecule has 2 N–H and O–H groups in total. The summed E-state index contributed by atoms with van der Waals surface area (Å²) in [6.45, 7) is 1.84. The van der Waals surface area contributed by atoms with Gasteiger partial charge in [0, 0.05) is 20.5 Å². The molecule has 0 radical (unpaired) electrons. The fourth-order valence-electron chi connectivity index (χ4n) is 1.79. The SMILES string of the molecule is COC(=O)c1cc(Sc2cc(Cl)ccc2Cl)cc(C)c1N. The number of hydrogen-bond donors (Lipinski definition) is 1. The Morgan fingerprint density at radius 2 is 1.95 bits per heavy atom. The average Bonchev–Trinajstić information content (AvgIpc) is 2.45. The highest BCUT2D eigenvalue weighted by Gasteiger charge is 2.14. The van der Waals surface area contributed by atoms with Crippen LogP contribution in [0.25, 0.3) is 0 Å². The third kappa shape index (κ3) is 3.64. The summed E-state index contributed by atoms with van der Waals surface area (Å²) in [5.41, 5.74) is 7.49. The summed E-state index contributed by atoms with van der Waals surface area (Å²) in [5.74, 6) is -0.463. The molecule has 0 aliphatic rings. The minimum Gasteiger partial charge on any atom is -0.465 e. The molecule has 0 atom stereocenters. The Bertz CT molecular complexity index is 704. The lowest BCUT2D eigenvalue weighted by atomic mass is 10.1. The molecule has 0 aliphatic heterocycles. The summed E-state index contributed by atoms with van der Waals surface area (Å²) < 4.78 is 4.74. The molecule has 0 aliphatic carbocycles. The number of nitrogens with two attached hydrogens (primary N) is 1. The lowest BCUT2D eigenvalue weighted by Crippen LogP contribution is -2.07. The number of hydrogen-bond acceptors (Lipinski definition) is 4. The molecular formula is C15H13Cl2NO2S. The van der Waals surface area contributed by atoms with Crippen LogP contribution < -0.4 is 5.73 Å². The van der Waals surface area contributed by atoms with Gasteiger partial charge in [-0.3, -0.25) is 0 Å². The van der Waals surface area contributed by atoms with E-state index in [1.807, 2.05) is 13.0 Å². The van der Waals surface area contributed by atoms with Gasteiger partial charge in [-0.05, 0) is 42.8 Å². The molecule has 0 saturated heterocycles. The van der Waals surface area contributed by atoms with Crippen LogP contribution in [-0.2, 0) is 4.74 Å². The van der Waals surface area contributed by atoms with Crippen molar-refractivity contribution in [3.63, 3.8) is 0 Å². The molecule has 0 unspecified atom stereocenters. The number of nitrogen functional groups attached to an aromatic ring is 1. The quantitative estimate of drug-likeness (QED) is 0.642. The molecular weight excluding hydrogens is 329 g/mol. The van der Waals surface area contributed by atoms with E-state index in [1.165, 1.54) is 18.9 Å². The van der Waals surface area contributed by atoms with Gasteiger partial charge in [-0.2, -0.15) is 0 Å². The van der Waals surface area contributed by atoms with E-state index >= 15 is 0 Å². The molecule has 6 heteroatoms. The van der Waals surface area contributed by atoms with E-state index in [0.29, 0.717) is 21.3 Å². The summed E-state index contributed by atoms with van der Waals surface area (Å²) in [7, 11) is 1.32. The Morgan fingerprint density at radius 1 is 1.24 bits per heavy atom. The summed E-state index contributed by atoms with van der Waals surface area (Å²) in [5, 5.41) is 1.20. The van der Waals surface area contributed by atoms with Gasteiger partial charge in [0.25, 0.3) is 0 Å². The van der Waals surface area contributed by atoms with Crippen LogP contribution >= 0.6 is 35.0 Å². The van der Waals surface area contributed by atoms with E-state index in [9.17, 15) is 4.79 Å². The number of aryl methyl sites for hydroxylation is 1. The minimum atomic E-state index is -0.463. The van der Waals surface area contributed by atoms with Crippen molar-refractivity contribution in [3.05, 3.63) is 51.5 Å². The fourth-order valence-corrected chi connectivity index (χ4v) is 3.27. The fraction of sp³-hybridized carbons (Fsp3) is 0.133. The molecule has 110 valence electrons. The second-order valence-electron chi connectivity index (χ2n) is 4.37. The van der Waals surface area contributed by atoms with E-state index in [0.717, 1.165) is 15.4 Å². The van der Waals surface area contributed by atoms with E-state index in [1.54, 1.807) is 24.3 Å². The molecule has 0 spiro atoms. The maximum atomic E-state index is 11.8. The van der Waals surface area contributed by atoms with Gasteiger partial charge in [-0.1, -0.05) is 35.0 Å². The van der Waals surface area contributed by atoms with Crippen LogP contribution in [0.4, 0.5) is 5.69 Å². The predicted octanol–water partition coefficient (Wildman–Crippen LogP) is 4.82. The molecule has 0 bridgehead atoms.